The normalized spacial score (nSPS) is 11.4. The molecule has 6 heteroatoms. The number of hydrogen-bond donors (Lipinski definition) is 0. The Bertz CT molecular complexity index is 420. The molecule has 0 unspecified atom stereocenters. The van der Waals surface area contributed by atoms with E-state index in [1.807, 2.05) is 6.92 Å². The van der Waals surface area contributed by atoms with Crippen molar-refractivity contribution in [3.8, 4) is 0 Å². The molecular formula is C12H20N2O4. The Balaban J connectivity index is 2.96. The molecule has 0 bridgehead atoms. The summed E-state index contributed by atoms with van der Waals surface area (Å²) in [6.07, 6.45) is -0.513. The molecule has 0 N–H and O–H groups in total. The minimum atomic E-state index is -0.574. The van der Waals surface area contributed by atoms with E-state index in [0.717, 1.165) is 5.56 Å². The molecule has 6 nitrogen and oxygen atoms in total. The smallest absolute Gasteiger partial charge is 0.418 e. The van der Waals surface area contributed by atoms with Crippen molar-refractivity contribution >= 4 is 11.9 Å². The molecule has 0 fully saturated rings. The van der Waals surface area contributed by atoms with Crippen LogP contribution in [0.15, 0.2) is 4.52 Å². The second-order valence-electron chi connectivity index (χ2n) is 5.01. The molecule has 1 aromatic heterocycles. The number of aryl methyl sites for hydroxylation is 1. The maximum atomic E-state index is 12.1. The van der Waals surface area contributed by atoms with E-state index in [4.69, 9.17) is 14.0 Å². The number of methoxy groups -OCH3 is 1. The lowest BCUT2D eigenvalue weighted by Gasteiger charge is -2.25. The van der Waals surface area contributed by atoms with E-state index in [0.29, 0.717) is 11.6 Å². The molecule has 0 radical (unpaired) electrons. The number of rotatable bonds is 3. The topological polar surface area (TPSA) is 64.8 Å². The van der Waals surface area contributed by atoms with Crippen molar-refractivity contribution in [3.63, 3.8) is 0 Å². The van der Waals surface area contributed by atoms with Gasteiger partial charge < -0.3 is 14.0 Å². The highest BCUT2D eigenvalue weighted by atomic mass is 16.6. The van der Waals surface area contributed by atoms with Crippen molar-refractivity contribution in [2.45, 2.75) is 40.2 Å². The number of ether oxygens (including phenoxy) is 2. The summed E-state index contributed by atoms with van der Waals surface area (Å²) in [6.45, 7) is 9.08. The fraction of sp³-hybridized carbons (Fsp3) is 0.667. The predicted molar refractivity (Wildman–Crippen MR) is 66.6 cm³/mol. The first-order valence-electron chi connectivity index (χ1n) is 5.68. The average Bonchev–Trinajstić information content (AvgIpc) is 2.54. The molecule has 0 saturated carbocycles. The van der Waals surface area contributed by atoms with Gasteiger partial charge in [0.05, 0.1) is 0 Å². The number of anilines is 1. The fourth-order valence-corrected chi connectivity index (χ4v) is 1.30. The molecule has 1 heterocycles. The Labute approximate surface area is 107 Å². The predicted octanol–water partition coefficient (Wildman–Crippen LogP) is 2.64. The van der Waals surface area contributed by atoms with Gasteiger partial charge in [0.15, 0.2) is 5.82 Å². The van der Waals surface area contributed by atoms with Crippen LogP contribution in [-0.4, -0.2) is 30.7 Å². The lowest BCUT2D eigenvalue weighted by Crippen LogP contribution is -2.38. The number of amides is 1. The summed E-state index contributed by atoms with van der Waals surface area (Å²) >= 11 is 0. The van der Waals surface area contributed by atoms with Crippen LogP contribution in [-0.2, 0) is 9.47 Å². The van der Waals surface area contributed by atoms with E-state index in [2.05, 4.69) is 5.16 Å². The van der Waals surface area contributed by atoms with Gasteiger partial charge in [-0.3, -0.25) is 0 Å². The lowest BCUT2D eigenvalue weighted by molar-refractivity contribution is 0.0521. The van der Waals surface area contributed by atoms with Crippen molar-refractivity contribution in [1.82, 2.24) is 5.16 Å². The highest BCUT2D eigenvalue weighted by Crippen LogP contribution is 2.23. The van der Waals surface area contributed by atoms with Gasteiger partial charge in [0.25, 0.3) is 0 Å². The van der Waals surface area contributed by atoms with E-state index in [9.17, 15) is 4.79 Å². The third-order valence-corrected chi connectivity index (χ3v) is 2.26. The molecule has 0 aromatic carbocycles. The van der Waals surface area contributed by atoms with Crippen LogP contribution in [0.25, 0.3) is 0 Å². The Morgan fingerprint density at radius 3 is 2.39 bits per heavy atom. The van der Waals surface area contributed by atoms with Crippen LogP contribution in [0.3, 0.4) is 0 Å². The molecule has 1 aromatic rings. The molecular weight excluding hydrogens is 236 g/mol. The summed E-state index contributed by atoms with van der Waals surface area (Å²) < 4.78 is 15.3. The monoisotopic (exact) mass is 256 g/mol. The third kappa shape index (κ3) is 3.46. The summed E-state index contributed by atoms with van der Waals surface area (Å²) in [5.41, 5.74) is 0.216. The van der Waals surface area contributed by atoms with E-state index in [-0.39, 0.29) is 6.73 Å². The quantitative estimate of drug-likeness (QED) is 0.778. The zero-order valence-corrected chi connectivity index (χ0v) is 11.7. The van der Waals surface area contributed by atoms with Crippen LogP contribution in [0.1, 0.15) is 32.1 Å². The van der Waals surface area contributed by atoms with Crippen LogP contribution in [0.2, 0.25) is 0 Å². The van der Waals surface area contributed by atoms with Crippen molar-refractivity contribution < 1.29 is 18.8 Å². The van der Waals surface area contributed by atoms with Crippen LogP contribution >= 0.6 is 0 Å². The lowest BCUT2D eigenvalue weighted by atomic mass is 10.2. The Morgan fingerprint density at radius 2 is 2.00 bits per heavy atom. The SMILES string of the molecule is COCN(C(=O)OC(C)(C)C)c1noc(C)c1C. The molecule has 18 heavy (non-hydrogen) atoms. The Hall–Kier alpha value is -1.56. The van der Waals surface area contributed by atoms with E-state index >= 15 is 0 Å². The first kappa shape index (κ1) is 14.5. The third-order valence-electron chi connectivity index (χ3n) is 2.26. The minimum Gasteiger partial charge on any atom is -0.443 e. The van der Waals surface area contributed by atoms with Gasteiger partial charge in [0, 0.05) is 12.7 Å². The Kier molecular flexibility index (Phi) is 4.34. The Morgan fingerprint density at radius 1 is 1.39 bits per heavy atom. The first-order chi connectivity index (χ1) is 8.26. The number of hydrogen-bond acceptors (Lipinski definition) is 5. The summed E-state index contributed by atoms with van der Waals surface area (Å²) in [7, 11) is 1.50. The zero-order valence-electron chi connectivity index (χ0n) is 11.7. The second-order valence-corrected chi connectivity index (χ2v) is 5.01. The minimum absolute atomic E-state index is 0.0573. The molecule has 0 aliphatic rings. The molecule has 102 valence electrons. The molecule has 0 saturated heterocycles. The van der Waals surface area contributed by atoms with Gasteiger partial charge in [-0.2, -0.15) is 0 Å². The van der Waals surface area contributed by atoms with Crippen molar-refractivity contribution in [1.29, 1.82) is 0 Å². The summed E-state index contributed by atoms with van der Waals surface area (Å²) in [5.74, 6) is 1.08. The van der Waals surface area contributed by atoms with Crippen LogP contribution < -0.4 is 4.90 Å². The summed E-state index contributed by atoms with van der Waals surface area (Å²) in [5, 5.41) is 3.86. The molecule has 0 spiro atoms. The van der Waals surface area contributed by atoms with Gasteiger partial charge in [-0.1, -0.05) is 5.16 Å². The van der Waals surface area contributed by atoms with Gasteiger partial charge in [-0.25, -0.2) is 9.69 Å². The highest BCUT2D eigenvalue weighted by molar-refractivity contribution is 5.87. The van der Waals surface area contributed by atoms with Gasteiger partial charge in [0.2, 0.25) is 0 Å². The van der Waals surface area contributed by atoms with Gasteiger partial charge >= 0.3 is 6.09 Å². The average molecular weight is 256 g/mol. The molecule has 0 aliphatic heterocycles. The first-order valence-corrected chi connectivity index (χ1v) is 5.68. The van der Waals surface area contributed by atoms with Crippen molar-refractivity contribution in [2.75, 3.05) is 18.7 Å². The maximum absolute atomic E-state index is 12.1. The van der Waals surface area contributed by atoms with Crippen molar-refractivity contribution in [3.05, 3.63) is 11.3 Å². The van der Waals surface area contributed by atoms with Crippen LogP contribution in [0, 0.1) is 13.8 Å². The number of aromatic nitrogens is 1. The number of nitrogens with zero attached hydrogens (tertiary/aromatic N) is 2. The summed E-state index contributed by atoms with van der Waals surface area (Å²) in [4.78, 5) is 13.4. The van der Waals surface area contributed by atoms with E-state index in [1.165, 1.54) is 12.0 Å². The number of carbonyl (C=O) groups is 1. The van der Waals surface area contributed by atoms with Gasteiger partial charge in [-0.05, 0) is 34.6 Å². The van der Waals surface area contributed by atoms with Gasteiger partial charge in [-0.15, -0.1) is 0 Å². The fourth-order valence-electron chi connectivity index (χ4n) is 1.30. The molecule has 1 rings (SSSR count). The van der Waals surface area contributed by atoms with Crippen LogP contribution in [0.5, 0.6) is 0 Å². The number of carbonyl (C=O) groups excluding carboxylic acids is 1. The standard InChI is InChI=1S/C12H20N2O4/c1-8-9(2)18-13-10(8)14(7-16-6)11(15)17-12(3,4)5/h7H2,1-6H3. The van der Waals surface area contributed by atoms with Crippen molar-refractivity contribution in [2.24, 2.45) is 0 Å². The highest BCUT2D eigenvalue weighted by Gasteiger charge is 2.27. The molecule has 0 aliphatic carbocycles. The zero-order chi connectivity index (χ0) is 13.9. The van der Waals surface area contributed by atoms with Crippen LogP contribution in [0.4, 0.5) is 10.6 Å². The van der Waals surface area contributed by atoms with Gasteiger partial charge in [0.1, 0.15) is 18.1 Å². The second kappa shape index (κ2) is 5.39. The van der Waals surface area contributed by atoms with E-state index in [1.54, 1.807) is 27.7 Å². The summed E-state index contributed by atoms with van der Waals surface area (Å²) in [6, 6.07) is 0. The molecule has 0 atom stereocenters. The molecule has 1 amide bonds. The maximum Gasteiger partial charge on any atom is 0.418 e. The largest absolute Gasteiger partial charge is 0.443 e. The van der Waals surface area contributed by atoms with E-state index < -0.39 is 11.7 Å².